The summed E-state index contributed by atoms with van der Waals surface area (Å²) in [7, 11) is -0.0122. The fourth-order valence-corrected chi connectivity index (χ4v) is 2.34. The summed E-state index contributed by atoms with van der Waals surface area (Å²) < 4.78 is 26.0. The molecular formula is C11H17N3O4S. The van der Waals surface area contributed by atoms with Crippen molar-refractivity contribution >= 4 is 21.8 Å². The highest BCUT2D eigenvalue weighted by Crippen LogP contribution is 2.12. The molecule has 0 aromatic carbocycles. The third kappa shape index (κ3) is 4.84. The zero-order chi connectivity index (χ0) is 14.5. The number of pyridine rings is 1. The van der Waals surface area contributed by atoms with Crippen LogP contribution in [0.25, 0.3) is 0 Å². The van der Waals surface area contributed by atoms with E-state index in [1.54, 1.807) is 25.1 Å². The van der Waals surface area contributed by atoms with Gasteiger partial charge >= 0.3 is 5.97 Å². The number of anilines is 1. The summed E-state index contributed by atoms with van der Waals surface area (Å²) in [6.45, 7) is 0.0874. The van der Waals surface area contributed by atoms with E-state index < -0.39 is 16.0 Å². The normalized spacial score (nSPS) is 11.3. The third-order valence-electron chi connectivity index (χ3n) is 2.35. The Morgan fingerprint density at radius 1 is 1.42 bits per heavy atom. The SMILES string of the molecule is CN(C)c1ccc(S(=O)(=O)NCCCC(=O)O)cn1. The van der Waals surface area contributed by atoms with Crippen LogP contribution in [0, 0.1) is 0 Å². The molecule has 0 radical (unpaired) electrons. The number of carbonyl (C=O) groups is 1. The van der Waals surface area contributed by atoms with Gasteiger partial charge in [0.05, 0.1) is 0 Å². The van der Waals surface area contributed by atoms with Crippen LogP contribution in [0.4, 0.5) is 5.82 Å². The van der Waals surface area contributed by atoms with Gasteiger partial charge in [-0.05, 0) is 18.6 Å². The average molecular weight is 287 g/mol. The summed E-state index contributed by atoms with van der Waals surface area (Å²) in [6, 6.07) is 3.06. The highest BCUT2D eigenvalue weighted by Gasteiger charge is 2.14. The highest BCUT2D eigenvalue weighted by atomic mass is 32.2. The van der Waals surface area contributed by atoms with Crippen LogP contribution in [0.5, 0.6) is 0 Å². The molecule has 1 aromatic rings. The molecule has 106 valence electrons. The average Bonchev–Trinajstić information content (AvgIpc) is 2.34. The van der Waals surface area contributed by atoms with Gasteiger partial charge in [0.1, 0.15) is 10.7 Å². The number of hydrogen-bond donors (Lipinski definition) is 2. The summed E-state index contributed by atoms with van der Waals surface area (Å²) in [5.41, 5.74) is 0. The Morgan fingerprint density at radius 3 is 2.58 bits per heavy atom. The standard InChI is InChI=1S/C11H17N3O4S/c1-14(2)10-6-5-9(8-12-10)19(17,18)13-7-3-4-11(15)16/h5-6,8,13H,3-4,7H2,1-2H3,(H,15,16). The van der Waals surface area contributed by atoms with Gasteiger partial charge < -0.3 is 10.0 Å². The summed E-state index contributed by atoms with van der Waals surface area (Å²) in [5, 5.41) is 8.45. The molecule has 1 heterocycles. The number of rotatable bonds is 7. The van der Waals surface area contributed by atoms with Gasteiger partial charge in [-0.3, -0.25) is 4.79 Å². The Balaban J connectivity index is 2.64. The first-order valence-corrected chi connectivity index (χ1v) is 7.16. The van der Waals surface area contributed by atoms with E-state index in [9.17, 15) is 13.2 Å². The summed E-state index contributed by atoms with van der Waals surface area (Å²) in [6.07, 6.45) is 1.45. The molecule has 7 nitrogen and oxygen atoms in total. The van der Waals surface area contributed by atoms with Crippen LogP contribution in [0.2, 0.25) is 0 Å². The number of carboxylic acid groups (broad SMARTS) is 1. The molecule has 0 spiro atoms. The fourth-order valence-electron chi connectivity index (χ4n) is 1.33. The van der Waals surface area contributed by atoms with Crippen molar-refractivity contribution in [3.63, 3.8) is 0 Å². The molecule has 0 aliphatic carbocycles. The van der Waals surface area contributed by atoms with Crippen molar-refractivity contribution < 1.29 is 18.3 Å². The van der Waals surface area contributed by atoms with Gasteiger partial charge in [0.25, 0.3) is 0 Å². The maximum Gasteiger partial charge on any atom is 0.303 e. The first kappa shape index (κ1) is 15.4. The maximum absolute atomic E-state index is 11.8. The molecule has 0 amide bonds. The van der Waals surface area contributed by atoms with E-state index in [4.69, 9.17) is 5.11 Å². The van der Waals surface area contributed by atoms with E-state index in [1.165, 1.54) is 12.3 Å². The lowest BCUT2D eigenvalue weighted by atomic mass is 10.3. The largest absolute Gasteiger partial charge is 0.481 e. The molecular weight excluding hydrogens is 270 g/mol. The number of nitrogens with zero attached hydrogens (tertiary/aromatic N) is 2. The molecule has 1 aromatic heterocycles. The minimum Gasteiger partial charge on any atom is -0.481 e. The van der Waals surface area contributed by atoms with Crippen molar-refractivity contribution in [2.45, 2.75) is 17.7 Å². The van der Waals surface area contributed by atoms with Gasteiger partial charge in [0.2, 0.25) is 10.0 Å². The molecule has 2 N–H and O–H groups in total. The predicted molar refractivity (Wildman–Crippen MR) is 70.6 cm³/mol. The molecule has 0 saturated heterocycles. The molecule has 8 heteroatoms. The number of nitrogens with one attached hydrogen (secondary N) is 1. The molecule has 19 heavy (non-hydrogen) atoms. The Labute approximate surface area is 112 Å². The number of carboxylic acids is 1. The molecule has 0 fully saturated rings. The topological polar surface area (TPSA) is 99.6 Å². The number of sulfonamides is 1. The molecule has 1 rings (SSSR count). The van der Waals surface area contributed by atoms with E-state index in [0.29, 0.717) is 5.82 Å². The summed E-state index contributed by atoms with van der Waals surface area (Å²) in [4.78, 5) is 16.1. The van der Waals surface area contributed by atoms with E-state index in [0.717, 1.165) is 0 Å². The van der Waals surface area contributed by atoms with Crippen molar-refractivity contribution in [2.75, 3.05) is 25.5 Å². The smallest absolute Gasteiger partial charge is 0.303 e. The minimum atomic E-state index is -3.62. The van der Waals surface area contributed by atoms with E-state index in [-0.39, 0.29) is 24.3 Å². The van der Waals surface area contributed by atoms with Crippen molar-refractivity contribution in [1.82, 2.24) is 9.71 Å². The molecule has 0 saturated carbocycles. The number of aromatic nitrogens is 1. The van der Waals surface area contributed by atoms with Gasteiger partial charge in [0, 0.05) is 33.3 Å². The van der Waals surface area contributed by atoms with E-state index in [1.807, 2.05) is 0 Å². The van der Waals surface area contributed by atoms with E-state index in [2.05, 4.69) is 9.71 Å². The second-order valence-corrected chi connectivity index (χ2v) is 5.91. The fraction of sp³-hybridized carbons (Fsp3) is 0.455. The van der Waals surface area contributed by atoms with Crippen LogP contribution in [-0.4, -0.2) is 45.1 Å². The van der Waals surface area contributed by atoms with Crippen molar-refractivity contribution in [2.24, 2.45) is 0 Å². The van der Waals surface area contributed by atoms with Gasteiger partial charge in [-0.25, -0.2) is 18.1 Å². The number of aliphatic carboxylic acids is 1. The lowest BCUT2D eigenvalue weighted by Gasteiger charge is -2.11. The second kappa shape index (κ2) is 6.48. The second-order valence-electron chi connectivity index (χ2n) is 4.14. The van der Waals surface area contributed by atoms with Crippen LogP contribution in [0.3, 0.4) is 0 Å². The third-order valence-corrected chi connectivity index (χ3v) is 3.79. The van der Waals surface area contributed by atoms with Crippen LogP contribution in [0.15, 0.2) is 23.2 Å². The van der Waals surface area contributed by atoms with Crippen LogP contribution >= 0.6 is 0 Å². The van der Waals surface area contributed by atoms with Gasteiger partial charge in [-0.2, -0.15) is 0 Å². The molecule has 0 atom stereocenters. The zero-order valence-corrected chi connectivity index (χ0v) is 11.6. The predicted octanol–water partition coefficient (Wildman–Crippen LogP) is 0.291. The van der Waals surface area contributed by atoms with Crippen molar-refractivity contribution in [3.05, 3.63) is 18.3 Å². The highest BCUT2D eigenvalue weighted by molar-refractivity contribution is 7.89. The van der Waals surface area contributed by atoms with Gasteiger partial charge in [-0.1, -0.05) is 0 Å². The van der Waals surface area contributed by atoms with Crippen molar-refractivity contribution in [1.29, 1.82) is 0 Å². The van der Waals surface area contributed by atoms with Gasteiger partial charge in [-0.15, -0.1) is 0 Å². The quantitative estimate of drug-likeness (QED) is 0.699. The van der Waals surface area contributed by atoms with Crippen LogP contribution in [0.1, 0.15) is 12.8 Å². The lowest BCUT2D eigenvalue weighted by Crippen LogP contribution is -2.25. The Bertz CT molecular complexity index is 525. The molecule has 0 unspecified atom stereocenters. The Morgan fingerprint density at radius 2 is 2.11 bits per heavy atom. The molecule has 0 aliphatic rings. The Hall–Kier alpha value is -1.67. The molecule has 0 aliphatic heterocycles. The molecule has 0 bridgehead atoms. The van der Waals surface area contributed by atoms with Crippen molar-refractivity contribution in [3.8, 4) is 0 Å². The van der Waals surface area contributed by atoms with E-state index >= 15 is 0 Å². The monoisotopic (exact) mass is 287 g/mol. The van der Waals surface area contributed by atoms with Crippen LogP contribution < -0.4 is 9.62 Å². The van der Waals surface area contributed by atoms with Crippen LogP contribution in [-0.2, 0) is 14.8 Å². The van der Waals surface area contributed by atoms with Gasteiger partial charge in [0.15, 0.2) is 0 Å². The zero-order valence-electron chi connectivity index (χ0n) is 10.8. The first-order valence-electron chi connectivity index (χ1n) is 5.68. The Kier molecular flexibility index (Phi) is 5.25. The number of hydrogen-bond acceptors (Lipinski definition) is 5. The summed E-state index contributed by atoms with van der Waals surface area (Å²) in [5.74, 6) is -0.291. The maximum atomic E-state index is 11.8. The first-order chi connectivity index (χ1) is 8.83. The minimum absolute atomic E-state index is 0.0634. The summed E-state index contributed by atoms with van der Waals surface area (Å²) >= 11 is 0. The lowest BCUT2D eigenvalue weighted by molar-refractivity contribution is -0.137.